The number of anilines is 1. The molecule has 0 spiro atoms. The number of hydrogen-bond donors (Lipinski definition) is 1. The highest BCUT2D eigenvalue weighted by Crippen LogP contribution is 2.37. The van der Waals surface area contributed by atoms with Crippen molar-refractivity contribution in [3.8, 4) is 17.2 Å². The quantitative estimate of drug-likeness (QED) is 0.635. The molecule has 0 saturated carbocycles. The van der Waals surface area contributed by atoms with Crippen LogP contribution in [-0.2, 0) is 6.54 Å². The number of nitrogens with one attached hydrogen (secondary N) is 1. The van der Waals surface area contributed by atoms with Gasteiger partial charge in [-0.15, -0.1) is 0 Å². The minimum absolute atomic E-state index is 0.181. The van der Waals surface area contributed by atoms with Crippen molar-refractivity contribution in [1.29, 1.82) is 0 Å². The van der Waals surface area contributed by atoms with Gasteiger partial charge in [-0.2, -0.15) is 0 Å². The van der Waals surface area contributed by atoms with Gasteiger partial charge in [-0.1, -0.05) is 18.2 Å². The van der Waals surface area contributed by atoms with Crippen molar-refractivity contribution in [3.63, 3.8) is 0 Å². The molecule has 0 aliphatic carbocycles. The Balaban J connectivity index is 1.69. The van der Waals surface area contributed by atoms with Gasteiger partial charge in [-0.25, -0.2) is 4.79 Å². The molecule has 2 aromatic carbocycles. The first-order valence-electron chi connectivity index (χ1n) is 10.3. The first kappa shape index (κ1) is 20.7. The average molecular weight is 421 g/mol. The number of amides is 2. The van der Waals surface area contributed by atoms with E-state index < -0.39 is 0 Å². The average Bonchev–Trinajstić information content (AvgIpc) is 3.28. The van der Waals surface area contributed by atoms with Gasteiger partial charge in [-0.3, -0.25) is 0 Å². The van der Waals surface area contributed by atoms with Gasteiger partial charge in [0.1, 0.15) is 5.75 Å². The third kappa shape index (κ3) is 4.03. The van der Waals surface area contributed by atoms with Crippen LogP contribution in [0.25, 0.3) is 0 Å². The maximum atomic E-state index is 13.4. The third-order valence-electron chi connectivity index (χ3n) is 5.45. The summed E-state index contributed by atoms with van der Waals surface area (Å²) in [6, 6.07) is 16.9. The van der Waals surface area contributed by atoms with Crippen molar-refractivity contribution >= 4 is 11.7 Å². The van der Waals surface area contributed by atoms with E-state index in [9.17, 15) is 4.79 Å². The molecule has 4 rings (SSSR count). The van der Waals surface area contributed by atoms with Crippen molar-refractivity contribution in [1.82, 2.24) is 9.47 Å². The van der Waals surface area contributed by atoms with Crippen molar-refractivity contribution < 1.29 is 19.0 Å². The van der Waals surface area contributed by atoms with Gasteiger partial charge >= 0.3 is 6.03 Å². The second-order valence-electron chi connectivity index (χ2n) is 7.20. The summed E-state index contributed by atoms with van der Waals surface area (Å²) in [6.07, 6.45) is 2.04. The Hall–Kier alpha value is -3.61. The summed E-state index contributed by atoms with van der Waals surface area (Å²) >= 11 is 0. The number of carbonyl (C=O) groups is 1. The number of carbonyl (C=O) groups excluding carboxylic acids is 1. The lowest BCUT2D eigenvalue weighted by atomic mass is 9.99. The molecule has 2 heterocycles. The Morgan fingerprint density at radius 2 is 1.81 bits per heavy atom. The van der Waals surface area contributed by atoms with Crippen LogP contribution in [0.4, 0.5) is 10.5 Å². The molecule has 1 N–H and O–H groups in total. The van der Waals surface area contributed by atoms with E-state index in [1.807, 2.05) is 66.6 Å². The second-order valence-corrected chi connectivity index (χ2v) is 7.20. The fourth-order valence-corrected chi connectivity index (χ4v) is 4.01. The maximum absolute atomic E-state index is 13.4. The van der Waals surface area contributed by atoms with E-state index in [2.05, 4.69) is 16.0 Å². The molecule has 31 heavy (non-hydrogen) atoms. The lowest BCUT2D eigenvalue weighted by Gasteiger charge is -2.37. The van der Waals surface area contributed by atoms with E-state index in [1.54, 1.807) is 14.2 Å². The van der Waals surface area contributed by atoms with Gasteiger partial charge in [0, 0.05) is 25.0 Å². The van der Waals surface area contributed by atoms with Crippen molar-refractivity contribution in [2.45, 2.75) is 19.5 Å². The molecular formula is C24H27N3O4. The summed E-state index contributed by atoms with van der Waals surface area (Å²) in [4.78, 5) is 15.3. The Morgan fingerprint density at radius 3 is 2.58 bits per heavy atom. The predicted molar refractivity (Wildman–Crippen MR) is 119 cm³/mol. The second kappa shape index (κ2) is 9.04. The van der Waals surface area contributed by atoms with E-state index in [0.29, 0.717) is 36.1 Å². The fraction of sp³-hybridized carbons (Fsp3) is 0.292. The SMILES string of the molecule is CCOc1ccccc1NC(=O)N1CCn2cccc2C1c1ccc(OC)c(OC)c1. The monoisotopic (exact) mass is 421 g/mol. The molecule has 0 fully saturated rings. The minimum Gasteiger partial charge on any atom is -0.493 e. The highest BCUT2D eigenvalue weighted by Gasteiger charge is 2.33. The molecule has 7 nitrogen and oxygen atoms in total. The highest BCUT2D eigenvalue weighted by atomic mass is 16.5. The number of fused-ring (bicyclic) bond motifs is 1. The molecule has 2 amide bonds. The molecule has 0 saturated heterocycles. The largest absolute Gasteiger partial charge is 0.493 e. The van der Waals surface area contributed by atoms with Crippen LogP contribution in [0.1, 0.15) is 24.2 Å². The molecule has 0 radical (unpaired) electrons. The molecule has 1 atom stereocenters. The Morgan fingerprint density at radius 1 is 1.00 bits per heavy atom. The number of methoxy groups -OCH3 is 2. The number of ether oxygens (including phenoxy) is 3. The van der Waals surface area contributed by atoms with E-state index >= 15 is 0 Å². The van der Waals surface area contributed by atoms with Crippen LogP contribution in [0.15, 0.2) is 60.8 Å². The van der Waals surface area contributed by atoms with Crippen molar-refractivity contribution in [2.24, 2.45) is 0 Å². The van der Waals surface area contributed by atoms with Crippen LogP contribution in [-0.4, -0.2) is 42.9 Å². The number of urea groups is 1. The number of aromatic nitrogens is 1. The fourth-order valence-electron chi connectivity index (χ4n) is 4.01. The molecule has 1 aliphatic heterocycles. The van der Waals surface area contributed by atoms with Crippen LogP contribution >= 0.6 is 0 Å². The van der Waals surface area contributed by atoms with Gasteiger partial charge in [0.25, 0.3) is 0 Å². The summed E-state index contributed by atoms with van der Waals surface area (Å²) in [5, 5.41) is 3.04. The Labute approximate surface area is 182 Å². The van der Waals surface area contributed by atoms with Gasteiger partial charge in [0.2, 0.25) is 0 Å². The number of nitrogens with zero attached hydrogens (tertiary/aromatic N) is 2. The lowest BCUT2D eigenvalue weighted by Crippen LogP contribution is -2.44. The molecule has 1 aliphatic rings. The Kier molecular flexibility index (Phi) is 6.02. The zero-order valence-electron chi connectivity index (χ0n) is 18.0. The van der Waals surface area contributed by atoms with E-state index in [-0.39, 0.29) is 12.1 Å². The first-order chi connectivity index (χ1) is 15.2. The first-order valence-corrected chi connectivity index (χ1v) is 10.3. The van der Waals surface area contributed by atoms with Gasteiger partial charge in [0.15, 0.2) is 11.5 Å². The molecule has 7 heteroatoms. The molecule has 3 aromatic rings. The van der Waals surface area contributed by atoms with Crippen molar-refractivity contribution in [2.75, 3.05) is 32.7 Å². The van der Waals surface area contributed by atoms with E-state index in [0.717, 1.165) is 17.8 Å². The summed E-state index contributed by atoms with van der Waals surface area (Å²) in [6.45, 7) is 3.75. The molecule has 0 bridgehead atoms. The Bertz CT molecular complexity index is 1060. The third-order valence-corrected chi connectivity index (χ3v) is 5.45. The summed E-state index contributed by atoms with van der Waals surface area (Å²) < 4.78 is 18.7. The number of para-hydroxylation sites is 2. The molecule has 162 valence electrons. The van der Waals surface area contributed by atoms with Crippen LogP contribution in [0.3, 0.4) is 0 Å². The number of rotatable bonds is 6. The van der Waals surface area contributed by atoms with E-state index in [4.69, 9.17) is 14.2 Å². The molecule has 1 unspecified atom stereocenters. The van der Waals surface area contributed by atoms with E-state index in [1.165, 1.54) is 0 Å². The van der Waals surface area contributed by atoms with Crippen LogP contribution < -0.4 is 19.5 Å². The van der Waals surface area contributed by atoms with Gasteiger partial charge in [-0.05, 0) is 48.9 Å². The zero-order valence-corrected chi connectivity index (χ0v) is 18.0. The standard InChI is InChI=1S/C24H27N3O4/c1-4-31-20-10-6-5-8-18(20)25-24(28)27-15-14-26-13-7-9-19(26)23(27)17-11-12-21(29-2)22(16-17)30-3/h5-13,16,23H,4,14-15H2,1-3H3,(H,25,28). The number of benzene rings is 2. The summed E-state index contributed by atoms with van der Waals surface area (Å²) in [5.74, 6) is 1.94. The molecule has 1 aromatic heterocycles. The maximum Gasteiger partial charge on any atom is 0.322 e. The predicted octanol–water partition coefficient (Wildman–Crippen LogP) is 4.54. The number of hydrogen-bond acceptors (Lipinski definition) is 4. The smallest absolute Gasteiger partial charge is 0.322 e. The highest BCUT2D eigenvalue weighted by molar-refractivity contribution is 5.91. The lowest BCUT2D eigenvalue weighted by molar-refractivity contribution is 0.181. The normalized spacial score (nSPS) is 15.2. The topological polar surface area (TPSA) is 65.0 Å². The van der Waals surface area contributed by atoms with Crippen LogP contribution in [0, 0.1) is 0 Å². The minimum atomic E-state index is -0.261. The van der Waals surface area contributed by atoms with Crippen LogP contribution in [0.5, 0.6) is 17.2 Å². The van der Waals surface area contributed by atoms with Crippen LogP contribution in [0.2, 0.25) is 0 Å². The summed E-state index contributed by atoms with van der Waals surface area (Å²) in [5.41, 5.74) is 2.65. The zero-order chi connectivity index (χ0) is 21.8. The van der Waals surface area contributed by atoms with Gasteiger partial charge in [0.05, 0.1) is 32.6 Å². The summed E-state index contributed by atoms with van der Waals surface area (Å²) in [7, 11) is 3.22. The molecular weight excluding hydrogens is 394 g/mol. The van der Waals surface area contributed by atoms with Crippen molar-refractivity contribution in [3.05, 3.63) is 72.1 Å². The van der Waals surface area contributed by atoms with Gasteiger partial charge < -0.3 is 29.0 Å².